The first-order valence-electron chi connectivity index (χ1n) is 12.3. The lowest BCUT2D eigenvalue weighted by molar-refractivity contribution is -0.145. The number of carbonyl (C=O) groups excluding carboxylic acids is 3. The SMILES string of the molecule is Cc1cccc(C(C(=O)Nc2c(C)cccc2Cl)N(C(=O)C(C)NC(=O)OC(C)(C)C)C2CCC2)c1. The highest BCUT2D eigenvalue weighted by Gasteiger charge is 2.41. The molecule has 7 nitrogen and oxygen atoms in total. The molecule has 1 fully saturated rings. The number of hydrogen-bond acceptors (Lipinski definition) is 4. The molecule has 36 heavy (non-hydrogen) atoms. The van der Waals surface area contributed by atoms with Gasteiger partial charge in [-0.1, -0.05) is 53.6 Å². The van der Waals surface area contributed by atoms with E-state index >= 15 is 0 Å². The predicted octanol–water partition coefficient (Wildman–Crippen LogP) is 5.93. The molecule has 1 aliphatic carbocycles. The van der Waals surface area contributed by atoms with Crippen LogP contribution in [0.2, 0.25) is 5.02 Å². The lowest BCUT2D eigenvalue weighted by atomic mass is 9.88. The highest BCUT2D eigenvalue weighted by Crippen LogP contribution is 2.35. The quantitative estimate of drug-likeness (QED) is 0.480. The highest BCUT2D eigenvalue weighted by molar-refractivity contribution is 6.34. The van der Waals surface area contributed by atoms with E-state index in [4.69, 9.17) is 16.3 Å². The summed E-state index contributed by atoms with van der Waals surface area (Å²) in [4.78, 5) is 41.7. The maximum absolute atomic E-state index is 13.9. The van der Waals surface area contributed by atoms with E-state index in [1.165, 1.54) is 0 Å². The van der Waals surface area contributed by atoms with Crippen LogP contribution in [0.1, 0.15) is 69.7 Å². The Hall–Kier alpha value is -3.06. The maximum atomic E-state index is 13.9. The fraction of sp³-hybridized carbons (Fsp3) is 0.464. The highest BCUT2D eigenvalue weighted by atomic mass is 35.5. The van der Waals surface area contributed by atoms with E-state index in [1.807, 2.05) is 50.2 Å². The van der Waals surface area contributed by atoms with Crippen molar-refractivity contribution in [3.63, 3.8) is 0 Å². The number of halogens is 1. The number of anilines is 1. The molecule has 0 radical (unpaired) electrons. The second-order valence-corrected chi connectivity index (χ2v) is 10.8. The van der Waals surface area contributed by atoms with Gasteiger partial charge in [0, 0.05) is 6.04 Å². The number of rotatable bonds is 7. The molecule has 0 saturated heterocycles. The molecule has 2 aromatic carbocycles. The number of hydrogen-bond donors (Lipinski definition) is 2. The minimum absolute atomic E-state index is 0.121. The fourth-order valence-corrected chi connectivity index (χ4v) is 4.48. The van der Waals surface area contributed by atoms with Crippen molar-refractivity contribution in [2.45, 2.75) is 84.5 Å². The van der Waals surface area contributed by atoms with E-state index in [9.17, 15) is 14.4 Å². The average molecular weight is 514 g/mol. The molecule has 3 amide bonds. The molecular weight excluding hydrogens is 478 g/mol. The van der Waals surface area contributed by atoms with Gasteiger partial charge in [0.25, 0.3) is 5.91 Å². The zero-order chi connectivity index (χ0) is 26.6. The van der Waals surface area contributed by atoms with Crippen LogP contribution < -0.4 is 10.6 Å². The lowest BCUT2D eigenvalue weighted by Gasteiger charge is -2.43. The number of nitrogens with zero attached hydrogens (tertiary/aromatic N) is 1. The van der Waals surface area contributed by atoms with Crippen molar-refractivity contribution in [2.75, 3.05) is 5.32 Å². The van der Waals surface area contributed by atoms with Crippen LogP contribution in [-0.4, -0.2) is 40.5 Å². The van der Waals surface area contributed by atoms with Crippen LogP contribution in [0.3, 0.4) is 0 Å². The van der Waals surface area contributed by atoms with Crippen LogP contribution in [0.25, 0.3) is 0 Å². The second-order valence-electron chi connectivity index (χ2n) is 10.4. The summed E-state index contributed by atoms with van der Waals surface area (Å²) in [6.07, 6.45) is 1.85. The van der Waals surface area contributed by atoms with E-state index in [-0.39, 0.29) is 17.9 Å². The summed E-state index contributed by atoms with van der Waals surface area (Å²) in [5.41, 5.74) is 2.31. The summed E-state index contributed by atoms with van der Waals surface area (Å²) in [6.45, 7) is 10.7. The smallest absolute Gasteiger partial charge is 0.408 e. The van der Waals surface area contributed by atoms with Crippen LogP contribution in [0.4, 0.5) is 10.5 Å². The number of nitrogens with one attached hydrogen (secondary N) is 2. The van der Waals surface area contributed by atoms with Crippen molar-refractivity contribution >= 4 is 35.2 Å². The Bertz CT molecular complexity index is 1100. The molecule has 3 rings (SSSR count). The van der Waals surface area contributed by atoms with Gasteiger partial charge in [-0.15, -0.1) is 0 Å². The molecule has 2 atom stereocenters. The Kier molecular flexibility index (Phi) is 8.67. The van der Waals surface area contributed by atoms with Gasteiger partial charge >= 0.3 is 6.09 Å². The number of para-hydroxylation sites is 1. The zero-order valence-electron chi connectivity index (χ0n) is 21.9. The van der Waals surface area contributed by atoms with Gasteiger partial charge in [0.2, 0.25) is 5.91 Å². The summed E-state index contributed by atoms with van der Waals surface area (Å²) < 4.78 is 5.34. The number of alkyl carbamates (subject to hydrolysis) is 1. The second kappa shape index (κ2) is 11.3. The Balaban J connectivity index is 1.98. The Labute approximate surface area is 218 Å². The van der Waals surface area contributed by atoms with Crippen LogP contribution in [0, 0.1) is 13.8 Å². The molecule has 1 aliphatic rings. The summed E-state index contributed by atoms with van der Waals surface area (Å²) in [5, 5.41) is 6.03. The van der Waals surface area contributed by atoms with Crippen molar-refractivity contribution in [1.82, 2.24) is 10.2 Å². The molecule has 2 N–H and O–H groups in total. The molecular formula is C28H36ClN3O4. The standard InChI is InChI=1S/C28H36ClN3O4/c1-17-10-7-12-20(16-17)24(25(33)31-23-18(2)11-8-15-22(23)29)32(21-13-9-14-21)26(34)19(3)30-27(35)36-28(4,5)6/h7-8,10-12,15-16,19,21,24H,9,13-14H2,1-6H3,(H,30,35)(H,31,33). The number of ether oxygens (including phenoxy) is 1. The van der Waals surface area contributed by atoms with Gasteiger partial charge in [0.1, 0.15) is 17.7 Å². The van der Waals surface area contributed by atoms with Gasteiger partial charge in [-0.05, 0) is 78.0 Å². The minimum Gasteiger partial charge on any atom is -0.444 e. The number of benzene rings is 2. The van der Waals surface area contributed by atoms with Crippen molar-refractivity contribution < 1.29 is 19.1 Å². The molecule has 2 aromatic rings. The molecule has 194 valence electrons. The minimum atomic E-state index is -0.902. The number of aryl methyl sites for hydroxylation is 2. The topological polar surface area (TPSA) is 87.7 Å². The number of amides is 3. The van der Waals surface area contributed by atoms with E-state index in [2.05, 4.69) is 10.6 Å². The van der Waals surface area contributed by atoms with Crippen LogP contribution >= 0.6 is 11.6 Å². The molecule has 0 spiro atoms. The molecule has 0 aliphatic heterocycles. The first-order valence-corrected chi connectivity index (χ1v) is 12.7. The molecule has 8 heteroatoms. The maximum Gasteiger partial charge on any atom is 0.408 e. The van der Waals surface area contributed by atoms with Gasteiger partial charge in [-0.2, -0.15) is 0 Å². The van der Waals surface area contributed by atoms with Gasteiger partial charge in [-0.25, -0.2) is 4.79 Å². The largest absolute Gasteiger partial charge is 0.444 e. The molecule has 0 bridgehead atoms. The third kappa shape index (κ3) is 6.78. The predicted molar refractivity (Wildman–Crippen MR) is 142 cm³/mol. The Morgan fingerprint density at radius 3 is 2.31 bits per heavy atom. The third-order valence-electron chi connectivity index (χ3n) is 6.18. The monoisotopic (exact) mass is 513 g/mol. The van der Waals surface area contributed by atoms with Crippen molar-refractivity contribution in [1.29, 1.82) is 0 Å². The fourth-order valence-electron chi connectivity index (χ4n) is 4.21. The summed E-state index contributed by atoms with van der Waals surface area (Å²) in [7, 11) is 0. The summed E-state index contributed by atoms with van der Waals surface area (Å²) in [6, 6.07) is 11.1. The summed E-state index contributed by atoms with van der Waals surface area (Å²) >= 11 is 6.40. The van der Waals surface area contributed by atoms with E-state index in [1.54, 1.807) is 38.7 Å². The normalized spacial score (nSPS) is 15.3. The lowest BCUT2D eigenvalue weighted by Crippen LogP contribution is -2.56. The van der Waals surface area contributed by atoms with Crippen LogP contribution in [0.15, 0.2) is 42.5 Å². The molecule has 1 saturated carbocycles. The van der Waals surface area contributed by atoms with E-state index in [0.717, 1.165) is 30.4 Å². The average Bonchev–Trinajstić information content (AvgIpc) is 2.72. The van der Waals surface area contributed by atoms with Gasteiger partial charge in [0.05, 0.1) is 10.7 Å². The molecule has 0 heterocycles. The van der Waals surface area contributed by atoms with Crippen LogP contribution in [-0.2, 0) is 14.3 Å². The van der Waals surface area contributed by atoms with Crippen molar-refractivity contribution in [2.24, 2.45) is 0 Å². The Morgan fingerprint density at radius 1 is 1.08 bits per heavy atom. The van der Waals surface area contributed by atoms with Crippen molar-refractivity contribution in [3.8, 4) is 0 Å². The van der Waals surface area contributed by atoms with E-state index in [0.29, 0.717) is 16.3 Å². The van der Waals surface area contributed by atoms with Crippen LogP contribution in [0.5, 0.6) is 0 Å². The zero-order valence-corrected chi connectivity index (χ0v) is 22.6. The van der Waals surface area contributed by atoms with Gasteiger partial charge in [-0.3, -0.25) is 9.59 Å². The first kappa shape index (κ1) is 27.5. The first-order chi connectivity index (χ1) is 16.9. The Morgan fingerprint density at radius 2 is 1.75 bits per heavy atom. The molecule has 2 unspecified atom stereocenters. The molecule has 0 aromatic heterocycles. The number of carbonyl (C=O) groups is 3. The van der Waals surface area contributed by atoms with Gasteiger partial charge < -0.3 is 20.3 Å². The summed E-state index contributed by atoms with van der Waals surface area (Å²) in [5.74, 6) is -0.704. The van der Waals surface area contributed by atoms with E-state index < -0.39 is 23.8 Å². The van der Waals surface area contributed by atoms with Crippen molar-refractivity contribution in [3.05, 3.63) is 64.2 Å². The third-order valence-corrected chi connectivity index (χ3v) is 6.50. The van der Waals surface area contributed by atoms with Gasteiger partial charge in [0.15, 0.2) is 0 Å².